The monoisotopic (exact) mass is 470 g/mol. The van der Waals surface area contributed by atoms with Gasteiger partial charge in [0, 0.05) is 18.9 Å². The van der Waals surface area contributed by atoms with Gasteiger partial charge in [-0.1, -0.05) is 6.07 Å². The van der Waals surface area contributed by atoms with Gasteiger partial charge in [-0.25, -0.2) is 9.97 Å². The summed E-state index contributed by atoms with van der Waals surface area (Å²) in [6.45, 7) is 7.79. The van der Waals surface area contributed by atoms with Gasteiger partial charge in [0.15, 0.2) is 12.4 Å². The molecule has 0 aliphatic carbocycles. The number of carbonyl (C=O) groups excluding carboxylic acids is 1. The highest BCUT2D eigenvalue weighted by Crippen LogP contribution is 2.36. The van der Waals surface area contributed by atoms with E-state index < -0.39 is 0 Å². The second kappa shape index (κ2) is 8.52. The number of aryl methyl sites for hydroxylation is 3. The highest BCUT2D eigenvalue weighted by molar-refractivity contribution is 6.19. The molecular weight excluding hydrogens is 444 g/mol. The quantitative estimate of drug-likeness (QED) is 0.280. The number of hydrogen-bond acceptors (Lipinski definition) is 7. The number of aromatic nitrogens is 5. The van der Waals surface area contributed by atoms with E-state index in [2.05, 4.69) is 9.97 Å². The second-order valence-corrected chi connectivity index (χ2v) is 8.52. The molecular formula is C26H26N6O3. The van der Waals surface area contributed by atoms with Crippen LogP contribution in [-0.4, -0.2) is 44.2 Å². The van der Waals surface area contributed by atoms with Gasteiger partial charge < -0.3 is 20.2 Å². The fraction of sp³-hybridized carbons (Fsp3) is 0.231. The van der Waals surface area contributed by atoms with Crippen LogP contribution < -0.4 is 10.5 Å². The summed E-state index contributed by atoms with van der Waals surface area (Å²) in [6, 6.07) is 9.24. The Balaban J connectivity index is 1.79. The predicted molar refractivity (Wildman–Crippen MR) is 134 cm³/mol. The Kier molecular flexibility index (Phi) is 5.49. The fourth-order valence-corrected chi connectivity index (χ4v) is 4.37. The highest BCUT2D eigenvalue weighted by atomic mass is 16.7. The number of benzene rings is 1. The van der Waals surface area contributed by atoms with E-state index in [-0.39, 0.29) is 18.4 Å². The molecule has 4 aromatic heterocycles. The van der Waals surface area contributed by atoms with E-state index in [1.54, 1.807) is 23.9 Å². The fourth-order valence-electron chi connectivity index (χ4n) is 4.37. The Bertz CT molecular complexity index is 1580. The topological polar surface area (TPSA) is 121 Å². The molecule has 0 fully saturated rings. The van der Waals surface area contributed by atoms with E-state index in [0.717, 1.165) is 33.7 Å². The number of rotatable bonds is 6. The SMILES string of the molecule is COCOc1ccc(C)c(-n2c(N)c(C(=O)c3cc4ncccc4[nH]3)c3nc(C)c(C)nc32)c1C. The first-order valence-corrected chi connectivity index (χ1v) is 11.2. The summed E-state index contributed by atoms with van der Waals surface area (Å²) in [7, 11) is 1.57. The van der Waals surface area contributed by atoms with Crippen LogP contribution >= 0.6 is 0 Å². The van der Waals surface area contributed by atoms with E-state index in [1.807, 2.05) is 52.0 Å². The zero-order valence-electron chi connectivity index (χ0n) is 20.3. The summed E-state index contributed by atoms with van der Waals surface area (Å²) in [5.74, 6) is 0.640. The largest absolute Gasteiger partial charge is 0.467 e. The van der Waals surface area contributed by atoms with Crippen molar-refractivity contribution in [2.45, 2.75) is 27.7 Å². The molecule has 0 saturated carbocycles. The zero-order chi connectivity index (χ0) is 24.9. The summed E-state index contributed by atoms with van der Waals surface area (Å²) in [4.78, 5) is 30.8. The second-order valence-electron chi connectivity index (χ2n) is 8.52. The van der Waals surface area contributed by atoms with Crippen molar-refractivity contribution in [1.29, 1.82) is 0 Å². The number of ketones is 1. The van der Waals surface area contributed by atoms with Crippen molar-refractivity contribution >= 4 is 33.8 Å². The van der Waals surface area contributed by atoms with Crippen molar-refractivity contribution in [3.8, 4) is 11.4 Å². The number of fused-ring (bicyclic) bond motifs is 2. The Labute approximate surface area is 201 Å². The van der Waals surface area contributed by atoms with Gasteiger partial charge >= 0.3 is 0 Å². The van der Waals surface area contributed by atoms with Crippen LogP contribution in [0.2, 0.25) is 0 Å². The lowest BCUT2D eigenvalue weighted by Crippen LogP contribution is -2.10. The molecule has 35 heavy (non-hydrogen) atoms. The Morgan fingerprint density at radius 1 is 1.11 bits per heavy atom. The van der Waals surface area contributed by atoms with Crippen LogP contribution in [0, 0.1) is 27.7 Å². The maximum absolute atomic E-state index is 13.8. The van der Waals surface area contributed by atoms with Gasteiger partial charge in [-0.05, 0) is 57.5 Å². The number of nitrogen functional groups attached to an aromatic ring is 1. The van der Waals surface area contributed by atoms with E-state index in [4.69, 9.17) is 25.2 Å². The summed E-state index contributed by atoms with van der Waals surface area (Å²) in [6.07, 6.45) is 1.69. The van der Waals surface area contributed by atoms with Gasteiger partial charge in [-0.2, -0.15) is 0 Å². The molecule has 9 nitrogen and oxygen atoms in total. The number of methoxy groups -OCH3 is 1. The van der Waals surface area contributed by atoms with Gasteiger partial charge in [0.05, 0.1) is 39.4 Å². The number of ether oxygens (including phenoxy) is 2. The molecule has 0 amide bonds. The van der Waals surface area contributed by atoms with Crippen molar-refractivity contribution in [2.24, 2.45) is 0 Å². The Morgan fingerprint density at radius 3 is 2.63 bits per heavy atom. The normalized spacial score (nSPS) is 11.5. The van der Waals surface area contributed by atoms with Crippen LogP contribution in [0.5, 0.6) is 5.75 Å². The lowest BCUT2D eigenvalue weighted by molar-refractivity contribution is 0.0506. The number of pyridine rings is 1. The number of hydrogen-bond donors (Lipinski definition) is 2. The maximum Gasteiger partial charge on any atom is 0.215 e. The molecule has 178 valence electrons. The molecule has 0 bridgehead atoms. The molecule has 0 saturated heterocycles. The summed E-state index contributed by atoms with van der Waals surface area (Å²) in [5.41, 5.74) is 13.9. The zero-order valence-corrected chi connectivity index (χ0v) is 20.3. The predicted octanol–water partition coefficient (Wildman–Crippen LogP) is 4.33. The number of nitrogens with one attached hydrogen (secondary N) is 1. The van der Waals surface area contributed by atoms with E-state index in [9.17, 15) is 4.79 Å². The van der Waals surface area contributed by atoms with Gasteiger partial charge in [0.2, 0.25) is 5.78 Å². The molecule has 5 aromatic rings. The van der Waals surface area contributed by atoms with Crippen molar-refractivity contribution in [3.63, 3.8) is 0 Å². The molecule has 3 N–H and O–H groups in total. The minimum absolute atomic E-state index is 0.113. The number of anilines is 1. The van der Waals surface area contributed by atoms with Crippen molar-refractivity contribution in [3.05, 3.63) is 70.3 Å². The summed E-state index contributed by atoms with van der Waals surface area (Å²) in [5, 5.41) is 0. The average Bonchev–Trinajstić information content (AvgIpc) is 3.38. The summed E-state index contributed by atoms with van der Waals surface area (Å²) < 4.78 is 12.6. The van der Waals surface area contributed by atoms with Crippen molar-refractivity contribution < 1.29 is 14.3 Å². The minimum atomic E-state index is -0.274. The smallest absolute Gasteiger partial charge is 0.215 e. The van der Waals surface area contributed by atoms with Crippen molar-refractivity contribution in [2.75, 3.05) is 19.6 Å². The minimum Gasteiger partial charge on any atom is -0.467 e. The van der Waals surface area contributed by atoms with E-state index >= 15 is 0 Å². The number of nitrogens with two attached hydrogens (primary N) is 1. The molecule has 0 aliphatic heterocycles. The first-order valence-electron chi connectivity index (χ1n) is 11.2. The van der Waals surface area contributed by atoms with Crippen LogP contribution in [0.4, 0.5) is 5.82 Å². The van der Waals surface area contributed by atoms with Crippen LogP contribution in [0.25, 0.3) is 27.9 Å². The molecule has 9 heteroatoms. The molecule has 5 rings (SSSR count). The lowest BCUT2D eigenvalue weighted by Gasteiger charge is -2.17. The standard InChI is InChI=1S/C26H26N6O3/c1-13-8-9-20(35-12-34-5)14(2)23(13)32-25(27)21(22-26(32)30-16(4)15(3)29-22)24(33)19-11-18-17(31-19)7-6-10-28-18/h6-11,31H,12,27H2,1-5H3. The third kappa shape index (κ3) is 3.60. The number of aromatic amines is 1. The van der Waals surface area contributed by atoms with Crippen LogP contribution in [0.15, 0.2) is 36.5 Å². The number of carbonyl (C=O) groups is 1. The van der Waals surface area contributed by atoms with Gasteiger partial charge in [0.1, 0.15) is 17.1 Å². The average molecular weight is 471 g/mol. The van der Waals surface area contributed by atoms with Gasteiger partial charge in [0.25, 0.3) is 0 Å². The Hall–Kier alpha value is -4.24. The molecule has 0 atom stereocenters. The van der Waals surface area contributed by atoms with E-state index in [0.29, 0.717) is 33.7 Å². The third-order valence-electron chi connectivity index (χ3n) is 6.23. The Morgan fingerprint density at radius 2 is 1.89 bits per heavy atom. The van der Waals surface area contributed by atoms with Crippen LogP contribution in [0.1, 0.15) is 38.6 Å². The maximum atomic E-state index is 13.8. The first-order chi connectivity index (χ1) is 16.8. The highest BCUT2D eigenvalue weighted by Gasteiger charge is 2.28. The molecule has 1 aromatic carbocycles. The number of H-pyrrole nitrogens is 1. The summed E-state index contributed by atoms with van der Waals surface area (Å²) >= 11 is 0. The molecule has 0 unspecified atom stereocenters. The van der Waals surface area contributed by atoms with Crippen LogP contribution in [-0.2, 0) is 4.74 Å². The lowest BCUT2D eigenvalue weighted by atomic mass is 10.1. The third-order valence-corrected chi connectivity index (χ3v) is 6.23. The van der Waals surface area contributed by atoms with Gasteiger partial charge in [-0.15, -0.1) is 0 Å². The number of nitrogens with zero attached hydrogens (tertiary/aromatic N) is 4. The molecule has 4 heterocycles. The van der Waals surface area contributed by atoms with E-state index in [1.165, 1.54) is 0 Å². The van der Waals surface area contributed by atoms with Crippen LogP contribution in [0.3, 0.4) is 0 Å². The molecule has 0 aliphatic rings. The first kappa shape index (κ1) is 22.5. The van der Waals surface area contributed by atoms with Crippen molar-refractivity contribution in [1.82, 2.24) is 24.5 Å². The molecule has 0 spiro atoms. The molecule has 0 radical (unpaired) electrons. The van der Waals surface area contributed by atoms with Gasteiger partial charge in [-0.3, -0.25) is 14.3 Å².